The minimum atomic E-state index is -0.626. The molecule has 0 spiro atoms. The van der Waals surface area contributed by atoms with E-state index in [1.165, 1.54) is 0 Å². The molecule has 0 radical (unpaired) electrons. The van der Waals surface area contributed by atoms with Gasteiger partial charge in [-0.3, -0.25) is 4.79 Å². The highest BCUT2D eigenvalue weighted by atomic mass is 19.1. The predicted octanol–water partition coefficient (Wildman–Crippen LogP) is 2.42. The Kier molecular flexibility index (Phi) is 5.50. The Bertz CT molecular complexity index is 492. The summed E-state index contributed by atoms with van der Waals surface area (Å²) in [4.78, 5) is 11.8. The number of carbonyl (C=O) groups is 1. The first-order valence-electron chi connectivity index (χ1n) is 7.10. The molecule has 4 nitrogen and oxygen atoms in total. The number of rotatable bonds is 8. The molecule has 21 heavy (non-hydrogen) atoms. The number of carbonyl (C=O) groups excluding carboxylic acids is 1. The van der Waals surface area contributed by atoms with Gasteiger partial charge < -0.3 is 14.8 Å². The van der Waals surface area contributed by atoms with Crippen LogP contribution in [0.2, 0.25) is 0 Å². The van der Waals surface area contributed by atoms with Crippen molar-refractivity contribution in [3.05, 3.63) is 29.8 Å². The van der Waals surface area contributed by atoms with Crippen LogP contribution in [0.25, 0.3) is 0 Å². The van der Waals surface area contributed by atoms with Gasteiger partial charge in [0.05, 0.1) is 13.2 Å². The fourth-order valence-electron chi connectivity index (χ4n) is 1.92. The van der Waals surface area contributed by atoms with E-state index in [1.807, 2.05) is 0 Å². The molecule has 0 heterocycles. The van der Waals surface area contributed by atoms with Gasteiger partial charge in [0, 0.05) is 18.5 Å². The number of ether oxygens (including phenoxy) is 2. The summed E-state index contributed by atoms with van der Waals surface area (Å²) in [7, 11) is 0. The smallest absolute Gasteiger partial charge is 0.323 e. The molecule has 0 bridgehead atoms. The molecule has 0 amide bonds. The number of hydrogen-bond donors (Lipinski definition) is 1. The number of benzene rings is 1. The van der Waals surface area contributed by atoms with Crippen molar-refractivity contribution in [1.29, 1.82) is 0 Å². The van der Waals surface area contributed by atoms with Crippen molar-refractivity contribution in [2.45, 2.75) is 38.3 Å². The molecule has 0 aliphatic heterocycles. The summed E-state index contributed by atoms with van der Waals surface area (Å²) in [5, 5.41) is 3.17. The highest BCUT2D eigenvalue weighted by molar-refractivity contribution is 5.75. The summed E-state index contributed by atoms with van der Waals surface area (Å²) in [6, 6.07) is 2.89. The number of hydrogen-bond acceptors (Lipinski definition) is 4. The molecule has 1 saturated carbocycles. The zero-order valence-corrected chi connectivity index (χ0v) is 11.9. The van der Waals surface area contributed by atoms with Gasteiger partial charge in [-0.15, -0.1) is 0 Å². The van der Waals surface area contributed by atoms with Gasteiger partial charge in [0.2, 0.25) is 0 Å². The van der Waals surface area contributed by atoms with Gasteiger partial charge in [0.15, 0.2) is 11.6 Å². The van der Waals surface area contributed by atoms with Crippen molar-refractivity contribution in [3.8, 4) is 5.75 Å². The lowest BCUT2D eigenvalue weighted by atomic mass is 10.2. The Morgan fingerprint density at radius 1 is 1.43 bits per heavy atom. The van der Waals surface area contributed by atoms with Crippen molar-refractivity contribution in [1.82, 2.24) is 5.32 Å². The lowest BCUT2D eigenvalue weighted by Gasteiger charge is -2.17. The van der Waals surface area contributed by atoms with E-state index in [1.54, 1.807) is 6.92 Å². The monoisotopic (exact) mass is 299 g/mol. The van der Waals surface area contributed by atoms with E-state index in [2.05, 4.69) is 5.32 Å². The molecule has 0 aromatic heterocycles. The van der Waals surface area contributed by atoms with E-state index in [4.69, 9.17) is 9.47 Å². The van der Waals surface area contributed by atoms with Gasteiger partial charge in [-0.05, 0) is 31.9 Å². The first kappa shape index (κ1) is 15.7. The SMILES string of the molecule is CCOC(=O)C(CCOc1cc(F)ccc1F)NC1CC1. The molecule has 1 fully saturated rings. The molecule has 1 unspecified atom stereocenters. The molecule has 1 aliphatic rings. The molecular formula is C15H19F2NO3. The molecular weight excluding hydrogens is 280 g/mol. The van der Waals surface area contributed by atoms with Crippen LogP contribution in [0.5, 0.6) is 5.75 Å². The van der Waals surface area contributed by atoms with Crippen molar-refractivity contribution < 1.29 is 23.0 Å². The third-order valence-electron chi connectivity index (χ3n) is 3.14. The van der Waals surface area contributed by atoms with Crippen LogP contribution in [-0.4, -0.2) is 31.3 Å². The zero-order chi connectivity index (χ0) is 15.2. The van der Waals surface area contributed by atoms with Crippen molar-refractivity contribution in [2.75, 3.05) is 13.2 Å². The predicted molar refractivity (Wildman–Crippen MR) is 73.0 cm³/mol. The number of nitrogens with one attached hydrogen (secondary N) is 1. The van der Waals surface area contributed by atoms with Crippen LogP contribution in [0.1, 0.15) is 26.2 Å². The Balaban J connectivity index is 1.85. The fourth-order valence-corrected chi connectivity index (χ4v) is 1.92. The maximum atomic E-state index is 13.4. The Morgan fingerprint density at radius 3 is 2.86 bits per heavy atom. The summed E-state index contributed by atoms with van der Waals surface area (Å²) in [6.07, 6.45) is 2.41. The summed E-state index contributed by atoms with van der Waals surface area (Å²) in [6.45, 7) is 2.15. The Morgan fingerprint density at radius 2 is 2.19 bits per heavy atom. The first-order valence-corrected chi connectivity index (χ1v) is 7.10. The normalized spacial score (nSPS) is 15.6. The third kappa shape index (κ3) is 4.97. The van der Waals surface area contributed by atoms with Gasteiger partial charge in [-0.25, -0.2) is 8.78 Å². The quantitative estimate of drug-likeness (QED) is 0.749. The minimum absolute atomic E-state index is 0.101. The maximum Gasteiger partial charge on any atom is 0.323 e. The molecule has 1 N–H and O–H groups in total. The van der Waals surface area contributed by atoms with Crippen molar-refractivity contribution >= 4 is 5.97 Å². The van der Waals surface area contributed by atoms with Crippen LogP contribution < -0.4 is 10.1 Å². The van der Waals surface area contributed by atoms with Gasteiger partial charge in [-0.2, -0.15) is 0 Å². The standard InChI is InChI=1S/C15H19F2NO3/c1-2-20-15(19)13(18-11-4-5-11)7-8-21-14-9-10(16)3-6-12(14)17/h3,6,9,11,13,18H,2,4-5,7-8H2,1H3. The highest BCUT2D eigenvalue weighted by Gasteiger charge is 2.29. The van der Waals surface area contributed by atoms with Crippen molar-refractivity contribution in [3.63, 3.8) is 0 Å². The molecule has 1 aromatic carbocycles. The molecule has 6 heteroatoms. The lowest BCUT2D eigenvalue weighted by Crippen LogP contribution is -2.40. The molecule has 1 atom stereocenters. The second-order valence-electron chi connectivity index (χ2n) is 4.96. The zero-order valence-electron chi connectivity index (χ0n) is 11.9. The van der Waals surface area contributed by atoms with Crippen molar-refractivity contribution in [2.24, 2.45) is 0 Å². The Hall–Kier alpha value is -1.69. The Labute approximate surface area is 122 Å². The summed E-state index contributed by atoms with van der Waals surface area (Å²) in [5.74, 6) is -1.68. The molecule has 116 valence electrons. The van der Waals surface area contributed by atoms with E-state index in [0.29, 0.717) is 19.1 Å². The fraction of sp³-hybridized carbons (Fsp3) is 0.533. The second kappa shape index (κ2) is 7.36. The van der Waals surface area contributed by atoms with E-state index < -0.39 is 17.7 Å². The van der Waals surface area contributed by atoms with E-state index in [-0.39, 0.29) is 18.3 Å². The largest absolute Gasteiger partial charge is 0.490 e. The second-order valence-corrected chi connectivity index (χ2v) is 4.96. The van der Waals surface area contributed by atoms with Gasteiger partial charge in [0.25, 0.3) is 0 Å². The molecule has 0 saturated heterocycles. The summed E-state index contributed by atoms with van der Waals surface area (Å²) >= 11 is 0. The molecule has 1 aliphatic carbocycles. The lowest BCUT2D eigenvalue weighted by molar-refractivity contribution is -0.146. The topological polar surface area (TPSA) is 47.6 Å². The summed E-state index contributed by atoms with van der Waals surface area (Å²) < 4.78 is 36.6. The van der Waals surface area contributed by atoms with Crippen LogP contribution in [0.3, 0.4) is 0 Å². The van der Waals surface area contributed by atoms with E-state index >= 15 is 0 Å². The van der Waals surface area contributed by atoms with Crippen LogP contribution in [0.4, 0.5) is 8.78 Å². The average Bonchev–Trinajstić information content (AvgIpc) is 3.26. The molecule has 2 rings (SSSR count). The molecule has 1 aromatic rings. The first-order chi connectivity index (χ1) is 10.1. The number of halogens is 2. The maximum absolute atomic E-state index is 13.4. The highest BCUT2D eigenvalue weighted by Crippen LogP contribution is 2.21. The van der Waals surface area contributed by atoms with E-state index in [9.17, 15) is 13.6 Å². The minimum Gasteiger partial charge on any atom is -0.490 e. The van der Waals surface area contributed by atoms with Gasteiger partial charge in [0.1, 0.15) is 11.9 Å². The van der Waals surface area contributed by atoms with Crippen LogP contribution in [0, 0.1) is 11.6 Å². The van der Waals surface area contributed by atoms with E-state index in [0.717, 1.165) is 31.0 Å². The van der Waals surface area contributed by atoms with Gasteiger partial charge in [-0.1, -0.05) is 0 Å². The van der Waals surface area contributed by atoms with Crippen LogP contribution in [-0.2, 0) is 9.53 Å². The van der Waals surface area contributed by atoms with Crippen LogP contribution in [0.15, 0.2) is 18.2 Å². The van der Waals surface area contributed by atoms with Gasteiger partial charge >= 0.3 is 5.97 Å². The number of esters is 1. The summed E-state index contributed by atoms with van der Waals surface area (Å²) in [5.41, 5.74) is 0. The third-order valence-corrected chi connectivity index (χ3v) is 3.14. The average molecular weight is 299 g/mol. The van der Waals surface area contributed by atoms with Crippen LogP contribution >= 0.6 is 0 Å².